The zero-order chi connectivity index (χ0) is 23.8. The summed E-state index contributed by atoms with van der Waals surface area (Å²) in [5.74, 6) is 1.25. The molecule has 3 rings (SSSR count). The van der Waals surface area contributed by atoms with Gasteiger partial charge in [-0.15, -0.1) is 0 Å². The number of hydrogen-bond donors (Lipinski definition) is 1. The molecule has 7 heteroatoms. The lowest BCUT2D eigenvalue weighted by atomic mass is 9.97. The van der Waals surface area contributed by atoms with Crippen LogP contribution < -0.4 is 19.5 Å². The van der Waals surface area contributed by atoms with Crippen molar-refractivity contribution < 1.29 is 23.4 Å². The first-order chi connectivity index (χ1) is 16.0. The van der Waals surface area contributed by atoms with Gasteiger partial charge in [0.25, 0.3) is 0 Å². The monoisotopic (exact) mass is 452 g/mol. The number of halogens is 1. The highest BCUT2D eigenvalue weighted by atomic mass is 19.1. The molecule has 1 amide bonds. The molecule has 0 saturated carbocycles. The van der Waals surface area contributed by atoms with E-state index in [0.717, 1.165) is 16.7 Å². The van der Waals surface area contributed by atoms with Gasteiger partial charge in [-0.3, -0.25) is 9.69 Å². The number of benzene rings is 3. The first-order valence-electron chi connectivity index (χ1n) is 10.5. The van der Waals surface area contributed by atoms with Crippen LogP contribution in [-0.4, -0.2) is 45.7 Å². The highest BCUT2D eigenvalue weighted by molar-refractivity contribution is 5.78. The molecule has 1 unspecified atom stereocenters. The molecule has 0 aliphatic rings. The van der Waals surface area contributed by atoms with Gasteiger partial charge in [0.15, 0.2) is 11.5 Å². The molecule has 0 aliphatic heterocycles. The summed E-state index contributed by atoms with van der Waals surface area (Å²) >= 11 is 0. The van der Waals surface area contributed by atoms with Crippen LogP contribution in [0.4, 0.5) is 4.39 Å². The summed E-state index contributed by atoms with van der Waals surface area (Å²) in [7, 11) is 6.55. The van der Waals surface area contributed by atoms with Gasteiger partial charge in [0, 0.05) is 18.2 Å². The number of hydrogen-bond acceptors (Lipinski definition) is 5. The Morgan fingerprint density at radius 1 is 0.879 bits per heavy atom. The molecule has 174 valence electrons. The maximum absolute atomic E-state index is 13.5. The second kappa shape index (κ2) is 11.3. The van der Waals surface area contributed by atoms with E-state index >= 15 is 0 Å². The number of methoxy groups -OCH3 is 3. The summed E-state index contributed by atoms with van der Waals surface area (Å²) in [5, 5.41) is 2.94. The van der Waals surface area contributed by atoms with Crippen molar-refractivity contribution in [3.05, 3.63) is 89.2 Å². The lowest BCUT2D eigenvalue weighted by Crippen LogP contribution is -2.37. The van der Waals surface area contributed by atoms with Crippen LogP contribution in [-0.2, 0) is 11.3 Å². The number of likely N-dealkylation sites (N-methyl/N-ethyl adjacent to an activating group) is 1. The van der Waals surface area contributed by atoms with E-state index in [2.05, 4.69) is 5.32 Å². The molecule has 1 N–H and O–H groups in total. The third-order valence-corrected chi connectivity index (χ3v) is 5.40. The molecule has 33 heavy (non-hydrogen) atoms. The Bertz CT molecular complexity index is 1060. The Morgan fingerprint density at radius 3 is 2.06 bits per heavy atom. The largest absolute Gasteiger partial charge is 0.496 e. The third kappa shape index (κ3) is 6.02. The predicted molar refractivity (Wildman–Crippen MR) is 125 cm³/mol. The van der Waals surface area contributed by atoms with Gasteiger partial charge in [0.2, 0.25) is 5.91 Å². The standard InChI is InChI=1S/C26H29FN2O4/c1-29(26(18-8-6-5-7-9-18)19-10-12-21(27)13-11-19)17-25(30)28-16-20-14-23(32-3)24(33-4)15-22(20)31-2/h5-15,26H,16-17H2,1-4H3,(H,28,30). The summed E-state index contributed by atoms with van der Waals surface area (Å²) in [6.07, 6.45) is 0. The molecule has 0 spiro atoms. The zero-order valence-electron chi connectivity index (χ0n) is 19.3. The van der Waals surface area contributed by atoms with Crippen molar-refractivity contribution in [3.63, 3.8) is 0 Å². The number of nitrogens with zero attached hydrogens (tertiary/aromatic N) is 1. The molecule has 3 aromatic carbocycles. The first-order valence-corrected chi connectivity index (χ1v) is 10.5. The Labute approximate surface area is 193 Å². The predicted octanol–water partition coefficient (Wildman–Crippen LogP) is 4.19. The molecule has 0 saturated heterocycles. The molecule has 0 heterocycles. The first kappa shape index (κ1) is 24.1. The van der Waals surface area contributed by atoms with Crippen molar-refractivity contribution >= 4 is 5.91 Å². The average Bonchev–Trinajstić information content (AvgIpc) is 2.84. The molecule has 0 radical (unpaired) electrons. The fourth-order valence-electron chi connectivity index (χ4n) is 3.78. The van der Waals surface area contributed by atoms with Crippen LogP contribution in [0.25, 0.3) is 0 Å². The molecule has 6 nitrogen and oxygen atoms in total. The van der Waals surface area contributed by atoms with Crippen LogP contribution in [0, 0.1) is 5.82 Å². The van der Waals surface area contributed by atoms with Crippen LogP contribution in [0.3, 0.4) is 0 Å². The Kier molecular flexibility index (Phi) is 8.27. The van der Waals surface area contributed by atoms with E-state index in [1.807, 2.05) is 42.3 Å². The summed E-state index contributed by atoms with van der Waals surface area (Å²) in [5.41, 5.74) is 2.68. The Balaban J connectivity index is 1.74. The fourth-order valence-corrected chi connectivity index (χ4v) is 3.78. The smallest absolute Gasteiger partial charge is 0.234 e. The molecule has 3 aromatic rings. The van der Waals surface area contributed by atoms with E-state index in [9.17, 15) is 9.18 Å². The number of ether oxygens (including phenoxy) is 3. The number of rotatable bonds is 10. The normalized spacial score (nSPS) is 11.7. The lowest BCUT2D eigenvalue weighted by Gasteiger charge is -2.28. The van der Waals surface area contributed by atoms with Crippen molar-refractivity contribution in [2.45, 2.75) is 12.6 Å². The van der Waals surface area contributed by atoms with Crippen molar-refractivity contribution in [1.29, 1.82) is 0 Å². The van der Waals surface area contributed by atoms with Gasteiger partial charge in [0.05, 0.1) is 33.9 Å². The highest BCUT2D eigenvalue weighted by Gasteiger charge is 2.22. The lowest BCUT2D eigenvalue weighted by molar-refractivity contribution is -0.122. The maximum atomic E-state index is 13.5. The van der Waals surface area contributed by atoms with E-state index < -0.39 is 0 Å². The summed E-state index contributed by atoms with van der Waals surface area (Å²) in [4.78, 5) is 14.7. The van der Waals surface area contributed by atoms with Gasteiger partial charge in [0.1, 0.15) is 11.6 Å². The van der Waals surface area contributed by atoms with Gasteiger partial charge < -0.3 is 19.5 Å². The van der Waals surface area contributed by atoms with Crippen molar-refractivity contribution in [3.8, 4) is 17.2 Å². The third-order valence-electron chi connectivity index (χ3n) is 5.40. The van der Waals surface area contributed by atoms with Crippen molar-refractivity contribution in [2.75, 3.05) is 34.9 Å². The quantitative estimate of drug-likeness (QED) is 0.500. The van der Waals surface area contributed by atoms with Crippen LogP contribution in [0.1, 0.15) is 22.7 Å². The van der Waals surface area contributed by atoms with Gasteiger partial charge >= 0.3 is 0 Å². The second-order valence-electron chi connectivity index (χ2n) is 7.58. The van der Waals surface area contributed by atoms with Crippen molar-refractivity contribution in [2.24, 2.45) is 0 Å². The van der Waals surface area contributed by atoms with Gasteiger partial charge in [-0.2, -0.15) is 0 Å². The average molecular weight is 453 g/mol. The molecule has 0 aliphatic carbocycles. The van der Waals surface area contributed by atoms with Gasteiger partial charge in [-0.1, -0.05) is 42.5 Å². The molecule has 1 atom stereocenters. The summed E-state index contributed by atoms with van der Waals surface area (Å²) < 4.78 is 29.6. The highest BCUT2D eigenvalue weighted by Crippen LogP contribution is 2.34. The Morgan fingerprint density at radius 2 is 1.45 bits per heavy atom. The number of carbonyl (C=O) groups excluding carboxylic acids is 1. The second-order valence-corrected chi connectivity index (χ2v) is 7.58. The van der Waals surface area contributed by atoms with E-state index in [0.29, 0.717) is 17.2 Å². The molecular weight excluding hydrogens is 423 g/mol. The summed E-state index contributed by atoms with van der Waals surface area (Å²) in [6.45, 7) is 0.412. The zero-order valence-corrected chi connectivity index (χ0v) is 19.3. The minimum absolute atomic E-state index is 0.145. The number of nitrogens with one attached hydrogen (secondary N) is 1. The van der Waals surface area contributed by atoms with E-state index in [1.54, 1.807) is 45.6 Å². The van der Waals surface area contributed by atoms with Crippen LogP contribution >= 0.6 is 0 Å². The number of carbonyl (C=O) groups is 1. The van der Waals surface area contributed by atoms with Crippen molar-refractivity contribution in [1.82, 2.24) is 10.2 Å². The topological polar surface area (TPSA) is 60.0 Å². The maximum Gasteiger partial charge on any atom is 0.234 e. The summed E-state index contributed by atoms with van der Waals surface area (Å²) in [6, 6.07) is 19.5. The van der Waals surface area contributed by atoms with Gasteiger partial charge in [-0.05, 0) is 36.4 Å². The van der Waals surface area contributed by atoms with Crippen LogP contribution in [0.2, 0.25) is 0 Å². The Hall–Kier alpha value is -3.58. The fraction of sp³-hybridized carbons (Fsp3) is 0.269. The van der Waals surface area contributed by atoms with Gasteiger partial charge in [-0.25, -0.2) is 4.39 Å². The van der Waals surface area contributed by atoms with Crippen LogP contribution in [0.5, 0.6) is 17.2 Å². The van der Waals surface area contributed by atoms with E-state index in [1.165, 1.54) is 12.1 Å². The van der Waals surface area contributed by atoms with Crippen LogP contribution in [0.15, 0.2) is 66.7 Å². The van der Waals surface area contributed by atoms with E-state index in [-0.39, 0.29) is 30.9 Å². The minimum Gasteiger partial charge on any atom is -0.496 e. The number of amides is 1. The molecule has 0 bridgehead atoms. The molecule has 0 aromatic heterocycles. The minimum atomic E-state index is -0.296. The molecular formula is C26H29FN2O4. The molecule has 0 fully saturated rings. The van der Waals surface area contributed by atoms with E-state index in [4.69, 9.17) is 14.2 Å². The SMILES string of the molecule is COc1cc(OC)c(OC)cc1CNC(=O)CN(C)C(c1ccccc1)c1ccc(F)cc1.